The third kappa shape index (κ3) is 6.59. The van der Waals surface area contributed by atoms with Gasteiger partial charge in [-0.2, -0.15) is 0 Å². The first-order valence-corrected chi connectivity index (χ1v) is 12.8. The van der Waals surface area contributed by atoms with Crippen LogP contribution in [-0.2, 0) is 4.79 Å². The second kappa shape index (κ2) is 12.0. The average Bonchev–Trinajstić information content (AvgIpc) is 2.95. The molecule has 37 heavy (non-hydrogen) atoms. The molecular weight excluding hydrogens is 480 g/mol. The summed E-state index contributed by atoms with van der Waals surface area (Å²) in [6, 6.07) is 36.7. The van der Waals surface area contributed by atoms with Gasteiger partial charge >= 0.3 is 0 Å². The van der Waals surface area contributed by atoms with Crippen LogP contribution in [0.4, 0.5) is 5.69 Å². The number of ether oxygens (including phenoxy) is 1. The Labute approximate surface area is 219 Å². The third-order valence-electron chi connectivity index (χ3n) is 5.44. The van der Waals surface area contributed by atoms with Crippen LogP contribution in [0.2, 0.25) is 0 Å². The van der Waals surface area contributed by atoms with Crippen LogP contribution in [0.25, 0.3) is 22.5 Å². The summed E-state index contributed by atoms with van der Waals surface area (Å²) in [5, 5.41) is 12.3. The molecule has 0 spiro atoms. The minimum Gasteiger partial charge on any atom is -0.457 e. The van der Waals surface area contributed by atoms with Crippen LogP contribution >= 0.6 is 11.8 Å². The van der Waals surface area contributed by atoms with E-state index in [1.807, 2.05) is 115 Å². The number of hydrogen-bond acceptors (Lipinski definition) is 6. The lowest BCUT2D eigenvalue weighted by atomic mass is 10.0. The highest BCUT2D eigenvalue weighted by molar-refractivity contribution is 7.99. The predicted molar refractivity (Wildman–Crippen MR) is 148 cm³/mol. The van der Waals surface area contributed by atoms with E-state index in [4.69, 9.17) is 9.72 Å². The quantitative estimate of drug-likeness (QED) is 0.215. The van der Waals surface area contributed by atoms with Gasteiger partial charge in [0.05, 0.1) is 0 Å². The van der Waals surface area contributed by atoms with E-state index < -0.39 is 0 Å². The van der Waals surface area contributed by atoms with Gasteiger partial charge in [-0.05, 0) is 36.4 Å². The van der Waals surface area contributed by atoms with E-state index in [2.05, 4.69) is 15.5 Å². The normalized spacial score (nSPS) is 10.6. The molecule has 0 aliphatic heterocycles. The van der Waals surface area contributed by atoms with Gasteiger partial charge in [0.2, 0.25) is 11.1 Å². The Kier molecular flexibility index (Phi) is 7.83. The molecule has 4 aromatic carbocycles. The summed E-state index contributed by atoms with van der Waals surface area (Å²) < 4.78 is 5.79. The van der Waals surface area contributed by atoms with Gasteiger partial charge in [0.25, 0.3) is 0 Å². The van der Waals surface area contributed by atoms with Gasteiger partial charge in [0.1, 0.15) is 22.9 Å². The minimum absolute atomic E-state index is 0.0821. The molecule has 0 bridgehead atoms. The van der Waals surface area contributed by atoms with Crippen molar-refractivity contribution in [3.8, 4) is 34.0 Å². The van der Waals surface area contributed by atoms with Crippen LogP contribution in [0.3, 0.4) is 0 Å². The summed E-state index contributed by atoms with van der Waals surface area (Å²) in [5.41, 5.74) is 4.14. The van der Waals surface area contributed by atoms with Crippen molar-refractivity contribution in [2.24, 2.45) is 0 Å². The van der Waals surface area contributed by atoms with Gasteiger partial charge in [-0.1, -0.05) is 90.6 Å². The molecule has 0 aliphatic carbocycles. The zero-order chi connectivity index (χ0) is 25.3. The van der Waals surface area contributed by atoms with E-state index in [0.717, 1.165) is 28.3 Å². The highest BCUT2D eigenvalue weighted by Gasteiger charge is 2.14. The van der Waals surface area contributed by atoms with Gasteiger partial charge in [-0.25, -0.2) is 4.98 Å². The smallest absolute Gasteiger partial charge is 0.225 e. The molecule has 0 aliphatic rings. The van der Waals surface area contributed by atoms with Crippen molar-refractivity contribution in [2.45, 2.75) is 11.6 Å². The van der Waals surface area contributed by atoms with E-state index in [1.54, 1.807) is 0 Å². The fourth-order valence-electron chi connectivity index (χ4n) is 3.65. The van der Waals surface area contributed by atoms with E-state index in [-0.39, 0.29) is 5.91 Å². The first kappa shape index (κ1) is 24.2. The SMILES string of the molecule is O=C(CCSc1nnc(-c2ccccc2)c(-c2ccccc2)n1)Nc1ccc(Oc2ccccc2)cc1. The maximum Gasteiger partial charge on any atom is 0.225 e. The summed E-state index contributed by atoms with van der Waals surface area (Å²) >= 11 is 1.41. The number of para-hydroxylation sites is 1. The summed E-state index contributed by atoms with van der Waals surface area (Å²) in [5.74, 6) is 1.92. The molecule has 1 amide bonds. The van der Waals surface area contributed by atoms with Crippen LogP contribution in [0.1, 0.15) is 6.42 Å². The van der Waals surface area contributed by atoms with Gasteiger partial charge in [0.15, 0.2) is 0 Å². The van der Waals surface area contributed by atoms with Gasteiger partial charge in [0, 0.05) is 29.0 Å². The third-order valence-corrected chi connectivity index (χ3v) is 6.28. The molecule has 0 saturated carbocycles. The highest BCUT2D eigenvalue weighted by atomic mass is 32.2. The van der Waals surface area contributed by atoms with Crippen molar-refractivity contribution in [3.63, 3.8) is 0 Å². The molecule has 6 nitrogen and oxygen atoms in total. The van der Waals surface area contributed by atoms with Gasteiger partial charge in [-0.15, -0.1) is 10.2 Å². The number of hydrogen-bond donors (Lipinski definition) is 1. The zero-order valence-electron chi connectivity index (χ0n) is 20.0. The topological polar surface area (TPSA) is 77.0 Å². The van der Waals surface area contributed by atoms with Crippen molar-refractivity contribution >= 4 is 23.4 Å². The van der Waals surface area contributed by atoms with E-state index in [9.17, 15) is 4.79 Å². The average molecular weight is 505 g/mol. The Balaban J connectivity index is 1.19. The molecule has 7 heteroatoms. The first-order valence-electron chi connectivity index (χ1n) is 11.9. The van der Waals surface area contributed by atoms with Crippen LogP contribution in [-0.4, -0.2) is 26.8 Å². The molecule has 5 rings (SSSR count). The molecule has 5 aromatic rings. The number of aromatic nitrogens is 3. The van der Waals surface area contributed by atoms with Gasteiger partial charge < -0.3 is 10.1 Å². The fourth-order valence-corrected chi connectivity index (χ4v) is 4.37. The number of benzene rings is 4. The number of nitrogens with one attached hydrogen (secondary N) is 1. The van der Waals surface area contributed by atoms with Crippen molar-refractivity contribution in [1.29, 1.82) is 0 Å². The molecule has 1 heterocycles. The minimum atomic E-state index is -0.0821. The molecule has 0 unspecified atom stereocenters. The molecule has 1 N–H and O–H groups in total. The van der Waals surface area contributed by atoms with Gasteiger partial charge in [-0.3, -0.25) is 4.79 Å². The maximum atomic E-state index is 12.5. The molecular formula is C30H24N4O2S. The summed E-state index contributed by atoms with van der Waals surface area (Å²) in [7, 11) is 0. The lowest BCUT2D eigenvalue weighted by Gasteiger charge is -2.10. The Morgan fingerprint density at radius 3 is 1.89 bits per heavy atom. The number of nitrogens with zero attached hydrogens (tertiary/aromatic N) is 3. The fraction of sp³-hybridized carbons (Fsp3) is 0.0667. The van der Waals surface area contributed by atoms with Crippen LogP contribution < -0.4 is 10.1 Å². The standard InChI is InChI=1S/C30H24N4O2S/c35-27(31-24-16-18-26(19-17-24)36-25-14-8-3-9-15-25)20-21-37-30-32-28(22-10-4-1-5-11-22)29(33-34-30)23-12-6-2-7-13-23/h1-19H,20-21H2,(H,31,35). The molecule has 0 fully saturated rings. The monoisotopic (exact) mass is 504 g/mol. The van der Waals surface area contributed by atoms with E-state index in [0.29, 0.717) is 28.8 Å². The predicted octanol–water partition coefficient (Wildman–Crippen LogP) is 7.12. The van der Waals surface area contributed by atoms with Crippen LogP contribution in [0.5, 0.6) is 11.5 Å². The Bertz CT molecular complexity index is 1450. The number of amides is 1. The highest BCUT2D eigenvalue weighted by Crippen LogP contribution is 2.30. The molecule has 0 atom stereocenters. The second-order valence-corrected chi connectivity index (χ2v) is 9.17. The lowest BCUT2D eigenvalue weighted by Crippen LogP contribution is -2.12. The number of anilines is 1. The molecule has 182 valence electrons. The first-order chi connectivity index (χ1) is 18.2. The largest absolute Gasteiger partial charge is 0.457 e. The number of carbonyl (C=O) groups excluding carboxylic acids is 1. The summed E-state index contributed by atoms with van der Waals surface area (Å²) in [6.45, 7) is 0. The second-order valence-electron chi connectivity index (χ2n) is 8.11. The van der Waals surface area contributed by atoms with Crippen LogP contribution in [0.15, 0.2) is 120 Å². The van der Waals surface area contributed by atoms with Crippen molar-refractivity contribution in [1.82, 2.24) is 15.2 Å². The lowest BCUT2D eigenvalue weighted by molar-refractivity contribution is -0.115. The van der Waals surface area contributed by atoms with Crippen molar-refractivity contribution in [2.75, 3.05) is 11.1 Å². The Morgan fingerprint density at radius 2 is 1.24 bits per heavy atom. The summed E-state index contributed by atoms with van der Waals surface area (Å²) in [6.07, 6.45) is 0.317. The summed E-state index contributed by atoms with van der Waals surface area (Å²) in [4.78, 5) is 17.3. The van der Waals surface area contributed by atoms with Crippen LogP contribution in [0, 0.1) is 0 Å². The van der Waals surface area contributed by atoms with E-state index in [1.165, 1.54) is 11.8 Å². The molecule has 0 radical (unpaired) electrons. The van der Waals surface area contributed by atoms with Crippen molar-refractivity contribution in [3.05, 3.63) is 115 Å². The Hall–Kier alpha value is -4.49. The zero-order valence-corrected chi connectivity index (χ0v) is 20.8. The van der Waals surface area contributed by atoms with Crippen molar-refractivity contribution < 1.29 is 9.53 Å². The number of carbonyl (C=O) groups is 1. The number of rotatable bonds is 9. The Morgan fingerprint density at radius 1 is 0.676 bits per heavy atom. The van der Waals surface area contributed by atoms with E-state index >= 15 is 0 Å². The maximum absolute atomic E-state index is 12.5. The number of thioether (sulfide) groups is 1. The molecule has 1 aromatic heterocycles. The molecule has 0 saturated heterocycles.